The third kappa shape index (κ3) is 7.59. The Hall–Kier alpha value is -1.92. The second-order valence-corrected chi connectivity index (χ2v) is 9.40. The summed E-state index contributed by atoms with van der Waals surface area (Å²) in [7, 11) is 0.129. The molecule has 1 aromatic carbocycles. The van der Waals surface area contributed by atoms with Gasteiger partial charge in [-0.3, -0.25) is 9.98 Å². The molecule has 0 spiro atoms. The van der Waals surface area contributed by atoms with E-state index in [0.717, 1.165) is 13.1 Å². The fourth-order valence-electron chi connectivity index (χ4n) is 3.65. The van der Waals surface area contributed by atoms with Gasteiger partial charge in [-0.15, -0.1) is 24.0 Å². The highest BCUT2D eigenvalue weighted by atomic mass is 127. The summed E-state index contributed by atoms with van der Waals surface area (Å²) in [5.74, 6) is 0.709. The Morgan fingerprint density at radius 2 is 1.84 bits per heavy atom. The average molecular weight is 573 g/mol. The predicted octanol–water partition coefficient (Wildman–Crippen LogP) is 2.68. The van der Waals surface area contributed by atoms with Gasteiger partial charge in [-0.2, -0.15) is 0 Å². The van der Waals surface area contributed by atoms with Crippen LogP contribution in [0.3, 0.4) is 0 Å². The standard InChI is InChI=1S/C22H32N6O2S.HI/c1-23-22(25-13-14-26-31(29,30)21-7-6-12-24-17-21)27(2)18-19-8-10-20(11-9-19)28-15-4-3-5-16-28;/h6-12,17,26H,3-5,13-16,18H2,1-2H3,(H,23,25);1H. The fraction of sp³-hybridized carbons (Fsp3) is 0.455. The van der Waals surface area contributed by atoms with Crippen LogP contribution in [-0.2, 0) is 16.6 Å². The molecule has 0 radical (unpaired) electrons. The van der Waals surface area contributed by atoms with E-state index in [1.807, 2.05) is 11.9 Å². The smallest absolute Gasteiger partial charge is 0.242 e. The number of pyridine rings is 1. The van der Waals surface area contributed by atoms with Crippen molar-refractivity contribution in [3.8, 4) is 0 Å². The first-order chi connectivity index (χ1) is 15.0. The van der Waals surface area contributed by atoms with Crippen LogP contribution in [0.15, 0.2) is 58.7 Å². The van der Waals surface area contributed by atoms with Gasteiger partial charge in [-0.05, 0) is 49.1 Å². The maximum atomic E-state index is 12.2. The van der Waals surface area contributed by atoms with Gasteiger partial charge in [0.1, 0.15) is 4.90 Å². The number of aliphatic imine (C=N–C) groups is 1. The lowest BCUT2D eigenvalue weighted by Gasteiger charge is -2.29. The van der Waals surface area contributed by atoms with Crippen molar-refractivity contribution in [3.05, 3.63) is 54.4 Å². The van der Waals surface area contributed by atoms with Crippen molar-refractivity contribution >= 4 is 45.6 Å². The van der Waals surface area contributed by atoms with Crippen LogP contribution in [0.2, 0.25) is 0 Å². The number of hydrogen-bond donors (Lipinski definition) is 2. The summed E-state index contributed by atoms with van der Waals surface area (Å²) in [4.78, 5) is 12.8. The van der Waals surface area contributed by atoms with E-state index >= 15 is 0 Å². The number of anilines is 1. The molecule has 2 heterocycles. The third-order valence-corrected chi connectivity index (χ3v) is 6.74. The van der Waals surface area contributed by atoms with Crippen LogP contribution in [0.1, 0.15) is 24.8 Å². The summed E-state index contributed by atoms with van der Waals surface area (Å²) < 4.78 is 27.1. The zero-order valence-corrected chi connectivity index (χ0v) is 21.8. The van der Waals surface area contributed by atoms with Crippen molar-refractivity contribution in [2.75, 3.05) is 45.2 Å². The van der Waals surface area contributed by atoms with E-state index in [2.05, 4.69) is 49.2 Å². The highest BCUT2D eigenvalue weighted by Gasteiger charge is 2.14. The third-order valence-electron chi connectivity index (χ3n) is 5.30. The minimum Gasteiger partial charge on any atom is -0.372 e. The van der Waals surface area contributed by atoms with Gasteiger partial charge in [-0.1, -0.05) is 12.1 Å². The number of halogens is 1. The zero-order valence-electron chi connectivity index (χ0n) is 18.7. The zero-order chi connectivity index (χ0) is 22.1. The Labute approximate surface area is 208 Å². The van der Waals surface area contributed by atoms with Crippen LogP contribution < -0.4 is 14.9 Å². The average Bonchev–Trinajstić information content (AvgIpc) is 2.80. The minimum absolute atomic E-state index is 0. The Morgan fingerprint density at radius 1 is 1.12 bits per heavy atom. The Morgan fingerprint density at radius 3 is 2.47 bits per heavy atom. The van der Waals surface area contributed by atoms with Crippen molar-refractivity contribution in [3.63, 3.8) is 0 Å². The van der Waals surface area contributed by atoms with Gasteiger partial charge in [0, 0.05) is 64.9 Å². The number of guanidine groups is 1. The minimum atomic E-state index is -3.56. The maximum Gasteiger partial charge on any atom is 0.242 e. The second-order valence-electron chi connectivity index (χ2n) is 7.63. The van der Waals surface area contributed by atoms with Crippen LogP contribution in [0.4, 0.5) is 5.69 Å². The number of nitrogens with one attached hydrogen (secondary N) is 2. The molecule has 0 saturated carbocycles. The van der Waals surface area contributed by atoms with Gasteiger partial charge in [-0.25, -0.2) is 13.1 Å². The summed E-state index contributed by atoms with van der Waals surface area (Å²) in [6, 6.07) is 11.8. The fourth-order valence-corrected chi connectivity index (χ4v) is 4.64. The summed E-state index contributed by atoms with van der Waals surface area (Å²) in [6.07, 6.45) is 6.74. The normalized spacial score (nSPS) is 14.6. The molecule has 1 aliphatic rings. The molecule has 0 amide bonds. The molecule has 3 rings (SSSR count). The van der Waals surface area contributed by atoms with Crippen molar-refractivity contribution in [2.45, 2.75) is 30.7 Å². The first-order valence-corrected chi connectivity index (χ1v) is 12.1. The van der Waals surface area contributed by atoms with Crippen molar-refractivity contribution in [1.29, 1.82) is 0 Å². The lowest BCUT2D eigenvalue weighted by atomic mass is 10.1. The second kappa shape index (κ2) is 12.9. The molecule has 1 aromatic heterocycles. The maximum absolute atomic E-state index is 12.2. The number of nitrogens with zero attached hydrogens (tertiary/aromatic N) is 4. The number of piperidine rings is 1. The molecule has 176 valence electrons. The molecule has 32 heavy (non-hydrogen) atoms. The largest absolute Gasteiger partial charge is 0.372 e. The van der Waals surface area contributed by atoms with E-state index in [1.54, 1.807) is 19.3 Å². The van der Waals surface area contributed by atoms with Crippen LogP contribution in [-0.4, -0.2) is 64.5 Å². The van der Waals surface area contributed by atoms with Crippen LogP contribution in [0.25, 0.3) is 0 Å². The summed E-state index contributed by atoms with van der Waals surface area (Å²) >= 11 is 0. The molecule has 0 unspecified atom stereocenters. The van der Waals surface area contributed by atoms with Crippen molar-refractivity contribution < 1.29 is 8.42 Å². The monoisotopic (exact) mass is 572 g/mol. The van der Waals surface area contributed by atoms with Gasteiger partial charge >= 0.3 is 0 Å². The molecule has 0 aliphatic carbocycles. The quantitative estimate of drug-likeness (QED) is 0.219. The van der Waals surface area contributed by atoms with Gasteiger partial charge in [0.25, 0.3) is 0 Å². The Kier molecular flexibility index (Phi) is 10.7. The molecule has 0 atom stereocenters. The molecular formula is C22H33IN6O2S. The number of aromatic nitrogens is 1. The molecule has 1 fully saturated rings. The number of sulfonamides is 1. The topological polar surface area (TPSA) is 89.9 Å². The lowest BCUT2D eigenvalue weighted by Crippen LogP contribution is -2.42. The van der Waals surface area contributed by atoms with Gasteiger partial charge in [0.15, 0.2) is 5.96 Å². The van der Waals surface area contributed by atoms with E-state index in [-0.39, 0.29) is 35.4 Å². The predicted molar refractivity (Wildman–Crippen MR) is 140 cm³/mol. The van der Waals surface area contributed by atoms with E-state index in [4.69, 9.17) is 0 Å². The molecule has 1 saturated heterocycles. The van der Waals surface area contributed by atoms with Gasteiger partial charge in [0.05, 0.1) is 0 Å². The van der Waals surface area contributed by atoms with Crippen LogP contribution in [0, 0.1) is 0 Å². The summed E-state index contributed by atoms with van der Waals surface area (Å²) in [6.45, 7) is 3.65. The van der Waals surface area contributed by atoms with Crippen molar-refractivity contribution in [2.24, 2.45) is 4.99 Å². The lowest BCUT2D eigenvalue weighted by molar-refractivity contribution is 0.477. The number of benzene rings is 1. The Bertz CT molecular complexity index is 948. The summed E-state index contributed by atoms with van der Waals surface area (Å²) in [5, 5.41) is 3.20. The van der Waals surface area contributed by atoms with E-state index < -0.39 is 10.0 Å². The van der Waals surface area contributed by atoms with Crippen molar-refractivity contribution in [1.82, 2.24) is 19.9 Å². The molecule has 10 heteroatoms. The van der Waals surface area contributed by atoms with Gasteiger partial charge < -0.3 is 15.1 Å². The van der Waals surface area contributed by atoms with E-state index in [1.165, 1.54) is 42.8 Å². The molecule has 8 nitrogen and oxygen atoms in total. The molecular weight excluding hydrogens is 539 g/mol. The number of rotatable bonds is 8. The first-order valence-electron chi connectivity index (χ1n) is 10.6. The molecule has 2 aromatic rings. The van der Waals surface area contributed by atoms with E-state index in [0.29, 0.717) is 19.0 Å². The highest BCUT2D eigenvalue weighted by Crippen LogP contribution is 2.20. The molecule has 1 aliphatic heterocycles. The SMILES string of the molecule is CN=C(NCCNS(=O)(=O)c1cccnc1)N(C)Cc1ccc(N2CCCCC2)cc1.I. The highest BCUT2D eigenvalue weighted by molar-refractivity contribution is 14.0. The Balaban J connectivity index is 0.00000363. The first kappa shape index (κ1) is 26.3. The molecule has 2 N–H and O–H groups in total. The molecule has 0 bridgehead atoms. The van der Waals surface area contributed by atoms with E-state index in [9.17, 15) is 8.42 Å². The van der Waals surface area contributed by atoms with Crippen LogP contribution in [0.5, 0.6) is 0 Å². The van der Waals surface area contributed by atoms with Crippen LogP contribution >= 0.6 is 24.0 Å². The number of hydrogen-bond acceptors (Lipinski definition) is 5. The summed E-state index contributed by atoms with van der Waals surface area (Å²) in [5.41, 5.74) is 2.48. The van der Waals surface area contributed by atoms with Gasteiger partial charge in [0.2, 0.25) is 10.0 Å².